The van der Waals surface area contributed by atoms with E-state index in [0.717, 1.165) is 36.8 Å². The summed E-state index contributed by atoms with van der Waals surface area (Å²) >= 11 is 0. The number of imide groups is 1. The molecule has 0 bridgehead atoms. The number of nitrogens with zero attached hydrogens (tertiary/aromatic N) is 2. The molecule has 0 aliphatic carbocycles. The smallest absolute Gasteiger partial charge is 0.262 e. The fraction of sp³-hybridized carbons (Fsp3) is 0.524. The predicted octanol–water partition coefficient (Wildman–Crippen LogP) is 0.812. The van der Waals surface area contributed by atoms with E-state index in [4.69, 9.17) is 0 Å². The lowest BCUT2D eigenvalue weighted by atomic mass is 9.74. The van der Waals surface area contributed by atoms with E-state index in [-0.39, 0.29) is 18.7 Å². The van der Waals surface area contributed by atoms with Crippen molar-refractivity contribution in [3.8, 4) is 0 Å². The number of hydrogen-bond acceptors (Lipinski definition) is 6. The lowest BCUT2D eigenvalue weighted by Gasteiger charge is -2.57. The Morgan fingerprint density at radius 2 is 1.86 bits per heavy atom. The maximum Gasteiger partial charge on any atom is 0.262 e. The van der Waals surface area contributed by atoms with Crippen molar-refractivity contribution in [1.82, 2.24) is 15.5 Å². The molecule has 3 heterocycles. The molecule has 1 unspecified atom stereocenters. The normalized spacial score (nSPS) is 19.6. The maximum absolute atomic E-state index is 12.8. The number of rotatable bonds is 6. The highest BCUT2D eigenvalue weighted by Crippen LogP contribution is 2.39. The van der Waals surface area contributed by atoms with Gasteiger partial charge in [-0.2, -0.15) is 0 Å². The average Bonchev–Trinajstić information content (AvgIpc) is 2.92. The largest absolute Gasteiger partial charge is 0.370 e. The molecule has 4 rings (SSSR count). The minimum absolute atomic E-state index is 0.0719. The number of fused-ring (bicyclic) bond motifs is 1. The van der Waals surface area contributed by atoms with Crippen LogP contribution in [0, 0.1) is 5.41 Å². The van der Waals surface area contributed by atoms with Crippen LogP contribution in [-0.2, 0) is 9.59 Å². The highest BCUT2D eigenvalue weighted by Gasteiger charge is 2.48. The van der Waals surface area contributed by atoms with E-state index in [1.807, 2.05) is 19.9 Å². The topological polar surface area (TPSA) is 98.8 Å². The maximum atomic E-state index is 12.8. The van der Waals surface area contributed by atoms with Gasteiger partial charge in [0.15, 0.2) is 0 Å². The molecule has 1 atom stereocenters. The van der Waals surface area contributed by atoms with Gasteiger partial charge in [-0.1, -0.05) is 13.8 Å². The summed E-state index contributed by atoms with van der Waals surface area (Å²) < 4.78 is 0. The van der Waals surface area contributed by atoms with Crippen LogP contribution in [0.25, 0.3) is 0 Å². The standard InChI is InChI=1S/C19H22N4O4.C2H6/c1-20-16(25)5-3-13(7-24)23-17(26)14-4-2-12(6-15(14)18(23)27)22-10-19(11-22)8-21-9-19;1-2/h2,4,6-7,13,21H,3,5,8-11H2,1H3,(H,20,25);1-2H3. The zero-order chi connectivity index (χ0) is 21.2. The first-order valence-electron chi connectivity index (χ1n) is 10.1. The first kappa shape index (κ1) is 21.0. The van der Waals surface area contributed by atoms with Crippen LogP contribution >= 0.6 is 0 Å². The molecule has 1 aromatic carbocycles. The summed E-state index contributed by atoms with van der Waals surface area (Å²) in [7, 11) is 1.50. The second-order valence-electron chi connectivity index (χ2n) is 7.59. The van der Waals surface area contributed by atoms with E-state index in [9.17, 15) is 19.2 Å². The molecule has 3 aliphatic rings. The molecule has 3 aliphatic heterocycles. The summed E-state index contributed by atoms with van der Waals surface area (Å²) in [4.78, 5) is 51.6. The van der Waals surface area contributed by atoms with Gasteiger partial charge in [0.2, 0.25) is 5.91 Å². The molecule has 2 N–H and O–H groups in total. The van der Waals surface area contributed by atoms with Crippen LogP contribution in [0.3, 0.4) is 0 Å². The molecule has 1 spiro atoms. The second-order valence-corrected chi connectivity index (χ2v) is 7.59. The molecule has 3 amide bonds. The lowest BCUT2D eigenvalue weighted by molar-refractivity contribution is -0.121. The summed E-state index contributed by atoms with van der Waals surface area (Å²) in [6.07, 6.45) is 0.750. The molecule has 0 radical (unpaired) electrons. The minimum atomic E-state index is -0.938. The molecule has 0 saturated carbocycles. The first-order chi connectivity index (χ1) is 14.0. The van der Waals surface area contributed by atoms with Crippen LogP contribution < -0.4 is 15.5 Å². The predicted molar refractivity (Wildman–Crippen MR) is 109 cm³/mol. The van der Waals surface area contributed by atoms with Crippen molar-refractivity contribution in [3.63, 3.8) is 0 Å². The Balaban J connectivity index is 0.00000117. The van der Waals surface area contributed by atoms with Crippen LogP contribution in [0.1, 0.15) is 47.4 Å². The second kappa shape index (κ2) is 8.32. The monoisotopic (exact) mass is 400 g/mol. The minimum Gasteiger partial charge on any atom is -0.370 e. The third-order valence-corrected chi connectivity index (χ3v) is 5.75. The molecule has 8 nitrogen and oxygen atoms in total. The number of carbonyl (C=O) groups excluding carboxylic acids is 4. The first-order valence-corrected chi connectivity index (χ1v) is 10.1. The molecule has 2 saturated heterocycles. The zero-order valence-electron chi connectivity index (χ0n) is 17.2. The van der Waals surface area contributed by atoms with Crippen LogP contribution in [0.2, 0.25) is 0 Å². The Labute approximate surface area is 170 Å². The highest BCUT2D eigenvalue weighted by atomic mass is 16.2. The van der Waals surface area contributed by atoms with Gasteiger partial charge >= 0.3 is 0 Å². The van der Waals surface area contributed by atoms with Gasteiger partial charge in [0.05, 0.1) is 17.2 Å². The van der Waals surface area contributed by atoms with Gasteiger partial charge in [-0.25, -0.2) is 0 Å². The molecule has 156 valence electrons. The Hall–Kier alpha value is -2.74. The number of nitrogens with one attached hydrogen (secondary N) is 2. The fourth-order valence-electron chi connectivity index (χ4n) is 4.06. The van der Waals surface area contributed by atoms with Gasteiger partial charge in [0.1, 0.15) is 6.29 Å². The number of carbonyl (C=O) groups is 4. The van der Waals surface area contributed by atoms with Gasteiger partial charge in [-0.3, -0.25) is 19.3 Å². The van der Waals surface area contributed by atoms with E-state index < -0.39 is 17.9 Å². The van der Waals surface area contributed by atoms with Gasteiger partial charge in [0, 0.05) is 50.7 Å². The summed E-state index contributed by atoms with van der Waals surface area (Å²) in [5.74, 6) is -1.18. The fourth-order valence-corrected chi connectivity index (χ4v) is 4.06. The van der Waals surface area contributed by atoms with Crippen molar-refractivity contribution in [3.05, 3.63) is 29.3 Å². The van der Waals surface area contributed by atoms with Crippen molar-refractivity contribution in [2.75, 3.05) is 38.1 Å². The summed E-state index contributed by atoms with van der Waals surface area (Å²) in [5.41, 5.74) is 1.92. The lowest BCUT2D eigenvalue weighted by Crippen LogP contribution is -2.71. The van der Waals surface area contributed by atoms with Crippen molar-refractivity contribution in [2.45, 2.75) is 32.7 Å². The molecule has 0 aromatic heterocycles. The van der Waals surface area contributed by atoms with Crippen molar-refractivity contribution in [2.24, 2.45) is 5.41 Å². The summed E-state index contributed by atoms with van der Waals surface area (Å²) in [6.45, 7) is 7.92. The number of benzene rings is 1. The van der Waals surface area contributed by atoms with Crippen LogP contribution in [0.15, 0.2) is 18.2 Å². The van der Waals surface area contributed by atoms with Crippen LogP contribution in [0.4, 0.5) is 5.69 Å². The number of anilines is 1. The zero-order valence-corrected chi connectivity index (χ0v) is 17.2. The molecule has 2 fully saturated rings. The van der Waals surface area contributed by atoms with Crippen molar-refractivity contribution in [1.29, 1.82) is 0 Å². The van der Waals surface area contributed by atoms with Gasteiger partial charge in [-0.05, 0) is 24.6 Å². The number of hydrogen-bond donors (Lipinski definition) is 2. The molecule has 8 heteroatoms. The van der Waals surface area contributed by atoms with E-state index >= 15 is 0 Å². The Kier molecular flexibility index (Phi) is 6.02. The Bertz CT molecular complexity index is 826. The number of aldehydes is 1. The van der Waals surface area contributed by atoms with Crippen molar-refractivity contribution < 1.29 is 19.2 Å². The van der Waals surface area contributed by atoms with Gasteiger partial charge in [0.25, 0.3) is 11.8 Å². The Morgan fingerprint density at radius 3 is 2.41 bits per heavy atom. The van der Waals surface area contributed by atoms with Crippen molar-refractivity contribution >= 4 is 29.7 Å². The van der Waals surface area contributed by atoms with E-state index in [1.165, 1.54) is 7.05 Å². The highest BCUT2D eigenvalue weighted by molar-refractivity contribution is 6.22. The molecular formula is C21H28N4O4. The number of amides is 3. The van der Waals surface area contributed by atoms with Gasteiger partial charge in [-0.15, -0.1) is 0 Å². The molecule has 29 heavy (non-hydrogen) atoms. The van der Waals surface area contributed by atoms with Crippen LogP contribution in [-0.4, -0.2) is 68.2 Å². The average molecular weight is 400 g/mol. The Morgan fingerprint density at radius 1 is 1.21 bits per heavy atom. The van der Waals surface area contributed by atoms with E-state index in [0.29, 0.717) is 22.8 Å². The third-order valence-electron chi connectivity index (χ3n) is 5.75. The third kappa shape index (κ3) is 3.64. The van der Waals surface area contributed by atoms with E-state index in [1.54, 1.807) is 12.1 Å². The summed E-state index contributed by atoms with van der Waals surface area (Å²) in [5, 5.41) is 5.76. The van der Waals surface area contributed by atoms with E-state index in [2.05, 4.69) is 15.5 Å². The molecular weight excluding hydrogens is 372 g/mol. The summed E-state index contributed by atoms with van der Waals surface area (Å²) in [6, 6.07) is 4.32. The quantitative estimate of drug-likeness (QED) is 0.542. The van der Waals surface area contributed by atoms with Crippen LogP contribution in [0.5, 0.6) is 0 Å². The SMILES string of the molecule is CC.CNC(=O)CCC(C=O)N1C(=O)c2ccc(N3CC4(CNC4)C3)cc2C1=O. The van der Waals surface area contributed by atoms with Gasteiger partial charge < -0.3 is 20.3 Å². The molecule has 1 aromatic rings.